The van der Waals surface area contributed by atoms with Gasteiger partial charge in [0.25, 0.3) is 0 Å². The monoisotopic (exact) mass is 360 g/mol. The molecule has 2 atom stereocenters. The lowest BCUT2D eigenvalue weighted by Crippen LogP contribution is -2.10. The van der Waals surface area contributed by atoms with Gasteiger partial charge in [0, 0.05) is 39.8 Å². The number of rotatable bonds is 5. The van der Waals surface area contributed by atoms with E-state index in [4.69, 9.17) is 4.74 Å². The molecule has 0 saturated carbocycles. The molecule has 27 heavy (non-hydrogen) atoms. The van der Waals surface area contributed by atoms with E-state index in [0.29, 0.717) is 11.5 Å². The third-order valence-corrected chi connectivity index (χ3v) is 5.64. The molecule has 138 valence electrons. The zero-order valence-electron chi connectivity index (χ0n) is 15.8. The summed E-state index contributed by atoms with van der Waals surface area (Å²) in [6.07, 6.45) is 8.70. The van der Waals surface area contributed by atoms with Gasteiger partial charge < -0.3 is 9.84 Å². The molecular weight excluding hydrogens is 336 g/mol. The summed E-state index contributed by atoms with van der Waals surface area (Å²) in [5, 5.41) is 12.5. The zero-order chi connectivity index (χ0) is 19.1. The molecule has 2 aliphatic carbocycles. The topological polar surface area (TPSA) is 46.5 Å². The van der Waals surface area contributed by atoms with Crippen molar-refractivity contribution >= 4 is 16.7 Å². The highest BCUT2D eigenvalue weighted by molar-refractivity contribution is 5.99. The number of benzene rings is 2. The van der Waals surface area contributed by atoms with Crippen molar-refractivity contribution in [1.82, 2.24) is 0 Å². The fourth-order valence-corrected chi connectivity index (χ4v) is 4.54. The SMILES string of the molecule is C=CC(=O)Oc1c2c(c(O)c3ccccc13)C1C=C(CCC=C(C)C)C2C1. The van der Waals surface area contributed by atoms with E-state index in [1.54, 1.807) is 0 Å². The van der Waals surface area contributed by atoms with Crippen LogP contribution in [-0.2, 0) is 4.79 Å². The second-order valence-corrected chi connectivity index (χ2v) is 7.63. The van der Waals surface area contributed by atoms with Crippen LogP contribution in [0.2, 0.25) is 0 Å². The van der Waals surface area contributed by atoms with E-state index in [1.165, 1.54) is 17.2 Å². The van der Waals surface area contributed by atoms with Crippen LogP contribution < -0.4 is 4.74 Å². The van der Waals surface area contributed by atoms with Crippen molar-refractivity contribution in [3.05, 3.63) is 71.3 Å². The summed E-state index contributed by atoms with van der Waals surface area (Å²) in [6, 6.07) is 7.57. The van der Waals surface area contributed by atoms with E-state index >= 15 is 0 Å². The molecule has 0 aromatic heterocycles. The van der Waals surface area contributed by atoms with E-state index in [9.17, 15) is 9.90 Å². The van der Waals surface area contributed by atoms with Crippen molar-refractivity contribution in [3.63, 3.8) is 0 Å². The van der Waals surface area contributed by atoms with Crippen LogP contribution in [0, 0.1) is 0 Å². The molecule has 2 aromatic rings. The number of ether oxygens (including phenoxy) is 1. The van der Waals surface area contributed by atoms with Gasteiger partial charge in [-0.15, -0.1) is 0 Å². The molecule has 0 heterocycles. The zero-order valence-corrected chi connectivity index (χ0v) is 15.8. The Morgan fingerprint density at radius 1 is 1.26 bits per heavy atom. The van der Waals surface area contributed by atoms with Crippen LogP contribution in [0.25, 0.3) is 10.8 Å². The molecule has 0 aliphatic heterocycles. The van der Waals surface area contributed by atoms with Crippen molar-refractivity contribution in [2.75, 3.05) is 0 Å². The van der Waals surface area contributed by atoms with E-state index in [0.717, 1.165) is 41.2 Å². The van der Waals surface area contributed by atoms with Crippen LogP contribution in [0.5, 0.6) is 11.5 Å². The van der Waals surface area contributed by atoms with Crippen LogP contribution in [-0.4, -0.2) is 11.1 Å². The first-order valence-electron chi connectivity index (χ1n) is 9.47. The Kier molecular flexibility index (Phi) is 4.39. The van der Waals surface area contributed by atoms with Gasteiger partial charge >= 0.3 is 5.97 Å². The van der Waals surface area contributed by atoms with Gasteiger partial charge in [-0.2, -0.15) is 0 Å². The second-order valence-electron chi connectivity index (χ2n) is 7.63. The maximum Gasteiger partial charge on any atom is 0.335 e. The average Bonchev–Trinajstić information content (AvgIpc) is 3.23. The first kappa shape index (κ1) is 17.6. The molecule has 2 aliphatic rings. The summed E-state index contributed by atoms with van der Waals surface area (Å²) >= 11 is 0. The van der Waals surface area contributed by atoms with Gasteiger partial charge in [-0.3, -0.25) is 0 Å². The number of carbonyl (C=O) groups is 1. The average molecular weight is 360 g/mol. The molecule has 2 bridgehead atoms. The third kappa shape index (κ3) is 2.87. The summed E-state index contributed by atoms with van der Waals surface area (Å²) in [4.78, 5) is 12.0. The fourth-order valence-electron chi connectivity index (χ4n) is 4.54. The maximum atomic E-state index is 12.0. The minimum absolute atomic E-state index is 0.192. The highest BCUT2D eigenvalue weighted by atomic mass is 16.5. The number of allylic oxidation sites excluding steroid dienone is 4. The smallest absolute Gasteiger partial charge is 0.335 e. The summed E-state index contributed by atoms with van der Waals surface area (Å²) < 4.78 is 5.71. The Labute approximate surface area is 159 Å². The first-order chi connectivity index (χ1) is 13.0. The Balaban J connectivity index is 1.83. The van der Waals surface area contributed by atoms with Crippen LogP contribution in [0.4, 0.5) is 0 Å². The number of esters is 1. The van der Waals surface area contributed by atoms with E-state index < -0.39 is 5.97 Å². The van der Waals surface area contributed by atoms with Crippen molar-refractivity contribution in [2.45, 2.75) is 44.9 Å². The lowest BCUT2D eigenvalue weighted by molar-refractivity contribution is -0.128. The third-order valence-electron chi connectivity index (χ3n) is 5.64. The van der Waals surface area contributed by atoms with Crippen LogP contribution in [0.15, 0.2) is 60.2 Å². The van der Waals surface area contributed by atoms with Gasteiger partial charge in [0.1, 0.15) is 11.5 Å². The van der Waals surface area contributed by atoms with Gasteiger partial charge in [0.2, 0.25) is 0 Å². The molecule has 3 nitrogen and oxygen atoms in total. The van der Waals surface area contributed by atoms with Crippen LogP contribution in [0.1, 0.15) is 56.1 Å². The molecule has 1 N–H and O–H groups in total. The Morgan fingerprint density at radius 3 is 2.70 bits per heavy atom. The van der Waals surface area contributed by atoms with Gasteiger partial charge in [0.05, 0.1) is 0 Å². The summed E-state index contributed by atoms with van der Waals surface area (Å²) in [5.74, 6) is 0.844. The Morgan fingerprint density at radius 2 is 2.00 bits per heavy atom. The molecular formula is C24H24O3. The van der Waals surface area contributed by atoms with Crippen molar-refractivity contribution in [2.24, 2.45) is 0 Å². The molecule has 0 spiro atoms. The predicted octanol–water partition coefficient (Wildman–Crippen LogP) is 5.89. The quantitative estimate of drug-likeness (QED) is 0.313. The standard InChI is InChI=1S/C24H24O3/c1-4-20(25)27-24-18-11-6-5-10-17(18)23(26)21-16-12-15(9-7-8-14(2)3)19(13-16)22(21)24/h4-6,8,10-12,16,19,26H,1,7,9,13H2,2-3H3. The van der Waals surface area contributed by atoms with Crippen molar-refractivity contribution < 1.29 is 14.6 Å². The lowest BCUT2D eigenvalue weighted by Gasteiger charge is -2.23. The highest BCUT2D eigenvalue weighted by Crippen LogP contribution is 2.61. The van der Waals surface area contributed by atoms with Gasteiger partial charge in [-0.05, 0) is 33.1 Å². The highest BCUT2D eigenvalue weighted by Gasteiger charge is 2.43. The largest absolute Gasteiger partial charge is 0.507 e. The van der Waals surface area contributed by atoms with Gasteiger partial charge in [-0.25, -0.2) is 4.79 Å². The normalized spacial score (nSPS) is 19.6. The van der Waals surface area contributed by atoms with E-state index in [2.05, 4.69) is 32.6 Å². The molecule has 4 rings (SSSR count). The molecule has 0 fully saturated rings. The number of carbonyl (C=O) groups excluding carboxylic acids is 1. The van der Waals surface area contributed by atoms with Crippen LogP contribution in [0.3, 0.4) is 0 Å². The van der Waals surface area contributed by atoms with E-state index in [-0.39, 0.29) is 11.8 Å². The first-order valence-corrected chi connectivity index (χ1v) is 9.47. The van der Waals surface area contributed by atoms with Crippen molar-refractivity contribution in [3.8, 4) is 11.5 Å². The maximum absolute atomic E-state index is 12.0. The predicted molar refractivity (Wildman–Crippen MR) is 108 cm³/mol. The molecule has 0 saturated heterocycles. The van der Waals surface area contributed by atoms with Gasteiger partial charge in [-0.1, -0.05) is 54.1 Å². The summed E-state index contributed by atoms with van der Waals surface area (Å²) in [6.45, 7) is 7.75. The minimum atomic E-state index is -0.467. The molecule has 0 radical (unpaired) electrons. The van der Waals surface area contributed by atoms with Gasteiger partial charge in [0.15, 0.2) is 0 Å². The number of phenols is 1. The second kappa shape index (κ2) is 6.73. The molecule has 2 aromatic carbocycles. The van der Waals surface area contributed by atoms with Crippen molar-refractivity contribution in [1.29, 1.82) is 0 Å². The molecule has 0 amide bonds. The molecule has 3 heteroatoms. The summed E-state index contributed by atoms with van der Waals surface area (Å²) in [7, 11) is 0. The summed E-state index contributed by atoms with van der Waals surface area (Å²) in [5.41, 5.74) is 4.62. The number of phenolic OH excluding ortho intramolecular Hbond substituents is 1. The molecule has 2 unspecified atom stereocenters. The number of hydrogen-bond acceptors (Lipinski definition) is 3. The number of aromatic hydroxyl groups is 1. The number of fused-ring (bicyclic) bond motifs is 6. The minimum Gasteiger partial charge on any atom is -0.507 e. The lowest BCUT2D eigenvalue weighted by atomic mass is 9.85. The Bertz CT molecular complexity index is 1010. The fraction of sp³-hybridized carbons (Fsp3) is 0.292. The van der Waals surface area contributed by atoms with Crippen LogP contribution >= 0.6 is 0 Å². The Hall–Kier alpha value is -2.81. The number of hydrogen-bond donors (Lipinski definition) is 1. The van der Waals surface area contributed by atoms with E-state index in [1.807, 2.05) is 24.3 Å².